The quantitative estimate of drug-likeness (QED) is 0.781. The van der Waals surface area contributed by atoms with E-state index in [1.807, 2.05) is 0 Å². The van der Waals surface area contributed by atoms with Crippen LogP contribution in [-0.2, 0) is 16.8 Å². The molecule has 2 aliphatic heterocycles. The fourth-order valence-corrected chi connectivity index (χ4v) is 6.48. The van der Waals surface area contributed by atoms with Crippen LogP contribution in [0.5, 0.6) is 0 Å². The highest BCUT2D eigenvalue weighted by Gasteiger charge is 2.47. The van der Waals surface area contributed by atoms with Gasteiger partial charge in [0.15, 0.2) is 0 Å². The molecule has 0 N–H and O–H groups in total. The van der Waals surface area contributed by atoms with Crippen LogP contribution in [0.1, 0.15) is 56.6 Å². The summed E-state index contributed by atoms with van der Waals surface area (Å²) in [6.45, 7) is 5.88. The van der Waals surface area contributed by atoms with Gasteiger partial charge in [-0.1, -0.05) is 30.7 Å². The summed E-state index contributed by atoms with van der Waals surface area (Å²) in [5, 5.41) is 0. The van der Waals surface area contributed by atoms with Gasteiger partial charge in [0.2, 0.25) is 5.91 Å². The van der Waals surface area contributed by atoms with Gasteiger partial charge >= 0.3 is 0 Å². The first kappa shape index (κ1) is 15.9. The highest BCUT2D eigenvalue weighted by molar-refractivity contribution is 5.74. The number of carbonyl (C=O) groups is 1. The Balaban J connectivity index is 1.38. The van der Waals surface area contributed by atoms with Crippen LogP contribution in [0.4, 0.5) is 0 Å². The summed E-state index contributed by atoms with van der Waals surface area (Å²) in [6.07, 6.45) is 8.32. The van der Waals surface area contributed by atoms with E-state index in [2.05, 4.69) is 34.1 Å². The molecule has 4 aliphatic rings. The lowest BCUT2D eigenvalue weighted by atomic mass is 9.68. The van der Waals surface area contributed by atoms with Crippen LogP contribution in [0.25, 0.3) is 0 Å². The fraction of sp³-hybridized carbons (Fsp3) is 0.682. The monoisotopic (exact) mass is 338 g/mol. The lowest BCUT2D eigenvalue weighted by molar-refractivity contribution is -0.131. The van der Waals surface area contributed by atoms with Gasteiger partial charge in [0.1, 0.15) is 0 Å². The van der Waals surface area contributed by atoms with E-state index in [9.17, 15) is 4.79 Å². The second-order valence-corrected chi connectivity index (χ2v) is 9.09. The molecule has 1 saturated heterocycles. The second-order valence-electron chi connectivity index (χ2n) is 9.09. The van der Waals surface area contributed by atoms with Gasteiger partial charge in [0.25, 0.3) is 0 Å². The Labute approximate surface area is 151 Å². The van der Waals surface area contributed by atoms with Gasteiger partial charge < -0.3 is 9.80 Å². The van der Waals surface area contributed by atoms with Crippen LogP contribution < -0.4 is 0 Å². The molecule has 3 fully saturated rings. The van der Waals surface area contributed by atoms with E-state index in [-0.39, 0.29) is 11.3 Å². The number of fused-ring (bicyclic) bond motifs is 4. The van der Waals surface area contributed by atoms with Gasteiger partial charge in [-0.25, -0.2) is 0 Å². The van der Waals surface area contributed by atoms with Crippen molar-refractivity contribution in [2.45, 2.75) is 63.5 Å². The van der Waals surface area contributed by atoms with E-state index >= 15 is 0 Å². The van der Waals surface area contributed by atoms with Crippen molar-refractivity contribution in [3.8, 4) is 0 Å². The lowest BCUT2D eigenvalue weighted by Gasteiger charge is -2.50. The van der Waals surface area contributed by atoms with E-state index in [0.29, 0.717) is 0 Å². The summed E-state index contributed by atoms with van der Waals surface area (Å²) in [4.78, 5) is 17.0. The predicted octanol–water partition coefficient (Wildman–Crippen LogP) is 3.57. The first-order valence-electron chi connectivity index (χ1n) is 10.2. The van der Waals surface area contributed by atoms with Crippen molar-refractivity contribution in [2.75, 3.05) is 19.6 Å². The zero-order valence-corrected chi connectivity index (χ0v) is 15.4. The van der Waals surface area contributed by atoms with Crippen LogP contribution in [0, 0.1) is 11.8 Å². The SMILES string of the molecule is CC(=O)N1Cc2ccccc2C2(CCN([C@@H]3CC4CCC3C4)CC2)C1. The van der Waals surface area contributed by atoms with Crippen molar-refractivity contribution in [3.63, 3.8) is 0 Å². The van der Waals surface area contributed by atoms with Crippen molar-refractivity contribution in [3.05, 3.63) is 35.4 Å². The minimum absolute atomic E-state index is 0.189. The third-order valence-corrected chi connectivity index (χ3v) is 7.81. The maximum Gasteiger partial charge on any atom is 0.219 e. The Morgan fingerprint density at radius 3 is 2.60 bits per heavy atom. The average molecular weight is 338 g/mol. The van der Waals surface area contributed by atoms with Crippen LogP contribution in [-0.4, -0.2) is 41.4 Å². The molecule has 3 atom stereocenters. The van der Waals surface area contributed by atoms with Gasteiger partial charge in [-0.05, 0) is 68.2 Å². The molecular formula is C22H30N2O. The second kappa shape index (κ2) is 5.84. The van der Waals surface area contributed by atoms with Gasteiger partial charge in [0.05, 0.1) is 0 Å². The van der Waals surface area contributed by atoms with E-state index in [1.54, 1.807) is 6.92 Å². The zero-order chi connectivity index (χ0) is 17.0. The number of benzene rings is 1. The van der Waals surface area contributed by atoms with Crippen molar-refractivity contribution >= 4 is 5.91 Å². The number of hydrogen-bond acceptors (Lipinski definition) is 2. The number of likely N-dealkylation sites (tertiary alicyclic amines) is 1. The van der Waals surface area contributed by atoms with E-state index in [4.69, 9.17) is 0 Å². The maximum absolute atomic E-state index is 12.1. The van der Waals surface area contributed by atoms with E-state index in [1.165, 1.54) is 62.7 Å². The third-order valence-electron chi connectivity index (χ3n) is 7.81. The molecule has 2 saturated carbocycles. The molecule has 134 valence electrons. The maximum atomic E-state index is 12.1. The number of hydrogen-bond donors (Lipinski definition) is 0. The van der Waals surface area contributed by atoms with Crippen LogP contribution in [0.3, 0.4) is 0 Å². The summed E-state index contributed by atoms with van der Waals surface area (Å²) in [5.41, 5.74) is 3.09. The van der Waals surface area contributed by atoms with Crippen molar-refractivity contribution in [1.29, 1.82) is 0 Å². The molecule has 1 amide bonds. The molecule has 3 nitrogen and oxygen atoms in total. The molecule has 1 spiro atoms. The molecule has 25 heavy (non-hydrogen) atoms. The zero-order valence-electron chi connectivity index (χ0n) is 15.4. The molecule has 5 rings (SSSR count). The number of piperidine rings is 1. The largest absolute Gasteiger partial charge is 0.338 e. The Kier molecular flexibility index (Phi) is 3.70. The molecule has 1 aromatic rings. The minimum atomic E-state index is 0.189. The molecule has 2 unspecified atom stereocenters. The van der Waals surface area contributed by atoms with Crippen LogP contribution >= 0.6 is 0 Å². The highest BCUT2D eigenvalue weighted by atomic mass is 16.2. The Morgan fingerprint density at radius 1 is 1.12 bits per heavy atom. The van der Waals surface area contributed by atoms with Crippen molar-refractivity contribution in [1.82, 2.24) is 9.80 Å². The topological polar surface area (TPSA) is 23.6 Å². The first-order chi connectivity index (χ1) is 12.1. The third kappa shape index (κ3) is 2.54. The number of nitrogens with zero attached hydrogens (tertiary/aromatic N) is 2. The molecule has 2 aliphatic carbocycles. The van der Waals surface area contributed by atoms with Crippen LogP contribution in [0.2, 0.25) is 0 Å². The van der Waals surface area contributed by atoms with Crippen molar-refractivity contribution in [2.24, 2.45) is 11.8 Å². The number of carbonyl (C=O) groups excluding carboxylic acids is 1. The van der Waals surface area contributed by atoms with E-state index < -0.39 is 0 Å². The van der Waals surface area contributed by atoms with Gasteiger partial charge in [-0.2, -0.15) is 0 Å². The number of amides is 1. The molecule has 0 aromatic heterocycles. The molecule has 2 bridgehead atoms. The Hall–Kier alpha value is -1.35. The summed E-state index contributed by atoms with van der Waals surface area (Å²) in [5.74, 6) is 2.23. The number of rotatable bonds is 1. The lowest BCUT2D eigenvalue weighted by Crippen LogP contribution is -2.55. The van der Waals surface area contributed by atoms with Gasteiger partial charge in [-0.3, -0.25) is 4.79 Å². The van der Waals surface area contributed by atoms with Gasteiger partial charge in [-0.15, -0.1) is 0 Å². The minimum Gasteiger partial charge on any atom is -0.338 e. The van der Waals surface area contributed by atoms with Crippen molar-refractivity contribution < 1.29 is 4.79 Å². The summed E-state index contributed by atoms with van der Waals surface area (Å²) in [7, 11) is 0. The van der Waals surface area contributed by atoms with Gasteiger partial charge in [0, 0.05) is 31.5 Å². The molecule has 0 radical (unpaired) electrons. The molecular weight excluding hydrogens is 308 g/mol. The molecule has 2 heterocycles. The normalized spacial score (nSPS) is 33.6. The molecule has 1 aromatic carbocycles. The summed E-state index contributed by atoms with van der Waals surface area (Å²) in [6, 6.07) is 9.74. The standard InChI is InChI=1S/C22H30N2O/c1-16(25)24-14-19-4-2-3-5-20(19)22(15-24)8-10-23(11-9-22)21-13-17-6-7-18(21)12-17/h2-5,17-18,21H,6-15H2,1H3/t17?,18?,21-/m1/s1. The predicted molar refractivity (Wildman–Crippen MR) is 99.3 cm³/mol. The smallest absolute Gasteiger partial charge is 0.219 e. The Morgan fingerprint density at radius 2 is 1.92 bits per heavy atom. The van der Waals surface area contributed by atoms with E-state index in [0.717, 1.165) is 31.0 Å². The Bertz CT molecular complexity index is 676. The summed E-state index contributed by atoms with van der Waals surface area (Å²) < 4.78 is 0. The molecule has 3 heteroatoms. The highest BCUT2D eigenvalue weighted by Crippen LogP contribution is 2.49. The summed E-state index contributed by atoms with van der Waals surface area (Å²) >= 11 is 0. The fourth-order valence-electron chi connectivity index (χ4n) is 6.48. The van der Waals surface area contributed by atoms with Crippen LogP contribution in [0.15, 0.2) is 24.3 Å². The first-order valence-corrected chi connectivity index (χ1v) is 10.2. The average Bonchev–Trinajstić information content (AvgIpc) is 3.26.